The number of sulfone groups is 1. The predicted octanol–water partition coefficient (Wildman–Crippen LogP) is 2.08. The van der Waals surface area contributed by atoms with Crippen LogP contribution >= 0.6 is 0 Å². The number of ether oxygens (including phenoxy) is 1. The fourth-order valence-electron chi connectivity index (χ4n) is 4.15. The van der Waals surface area contributed by atoms with Gasteiger partial charge in [0.1, 0.15) is 21.3 Å². The minimum absolute atomic E-state index is 0.0395. The van der Waals surface area contributed by atoms with Gasteiger partial charge < -0.3 is 25.2 Å². The molecular formula is C25H31N5O6S. The number of aromatic nitrogens is 3. The van der Waals surface area contributed by atoms with Crippen molar-refractivity contribution in [3.8, 4) is 28.6 Å². The highest BCUT2D eigenvalue weighted by atomic mass is 32.2. The standard InChI is InChI=1S/C25H31N5O6S/c1-16(2)19-14-20(22(32)15-21(19)31)23-27-28-24(25(33)26-8-13-37(3,34)35)30(23)18-6-4-17(5-7-18)29-9-11-36-12-10-29/h4-7,14-16,31-32H,8-13H2,1-3H3,(H,26,33). The summed E-state index contributed by atoms with van der Waals surface area (Å²) in [6.07, 6.45) is 1.09. The third-order valence-electron chi connectivity index (χ3n) is 6.12. The molecule has 11 nitrogen and oxygen atoms in total. The van der Waals surface area contributed by atoms with Crippen molar-refractivity contribution in [3.63, 3.8) is 0 Å². The minimum Gasteiger partial charge on any atom is -0.508 e. The number of aromatic hydroxyl groups is 2. The van der Waals surface area contributed by atoms with Gasteiger partial charge in [-0.1, -0.05) is 13.8 Å². The number of hydrogen-bond donors (Lipinski definition) is 3. The summed E-state index contributed by atoms with van der Waals surface area (Å²) in [5, 5.41) is 31.9. The first kappa shape index (κ1) is 26.4. The van der Waals surface area contributed by atoms with Gasteiger partial charge in [0.05, 0.1) is 24.5 Å². The topological polar surface area (TPSA) is 147 Å². The number of anilines is 1. The predicted molar refractivity (Wildman–Crippen MR) is 139 cm³/mol. The van der Waals surface area contributed by atoms with Gasteiger partial charge in [-0.2, -0.15) is 0 Å². The maximum absolute atomic E-state index is 13.0. The number of phenols is 2. The van der Waals surface area contributed by atoms with Gasteiger partial charge in [-0.15, -0.1) is 10.2 Å². The number of carbonyl (C=O) groups is 1. The number of hydrogen-bond acceptors (Lipinski definition) is 9. The van der Waals surface area contributed by atoms with Crippen molar-refractivity contribution in [1.82, 2.24) is 20.1 Å². The average molecular weight is 530 g/mol. The van der Waals surface area contributed by atoms with Crippen LogP contribution in [0.2, 0.25) is 0 Å². The maximum Gasteiger partial charge on any atom is 0.289 e. The normalized spacial score (nSPS) is 14.2. The zero-order valence-corrected chi connectivity index (χ0v) is 21.8. The molecule has 2 heterocycles. The number of phenolic OH excluding ortho intramolecular Hbond substituents is 2. The number of nitrogens with one attached hydrogen (secondary N) is 1. The first-order valence-electron chi connectivity index (χ1n) is 12.0. The van der Waals surface area contributed by atoms with Crippen LogP contribution < -0.4 is 10.2 Å². The molecule has 1 aliphatic rings. The molecule has 0 bridgehead atoms. The number of benzene rings is 2. The second kappa shape index (κ2) is 10.8. The zero-order valence-electron chi connectivity index (χ0n) is 21.0. The molecule has 3 N–H and O–H groups in total. The van der Waals surface area contributed by atoms with Gasteiger partial charge in [0.15, 0.2) is 5.82 Å². The number of amides is 1. The van der Waals surface area contributed by atoms with Gasteiger partial charge in [-0.05, 0) is 41.8 Å². The Kier molecular flexibility index (Phi) is 7.69. The van der Waals surface area contributed by atoms with E-state index >= 15 is 0 Å². The summed E-state index contributed by atoms with van der Waals surface area (Å²) < 4.78 is 29.9. The van der Waals surface area contributed by atoms with E-state index in [0.717, 1.165) is 25.0 Å². The van der Waals surface area contributed by atoms with Crippen molar-refractivity contribution < 1.29 is 28.2 Å². The van der Waals surface area contributed by atoms with Crippen LogP contribution in [0.5, 0.6) is 11.5 Å². The molecule has 2 aromatic carbocycles. The molecule has 4 rings (SSSR count). The van der Waals surface area contributed by atoms with E-state index in [1.807, 2.05) is 38.1 Å². The Labute approximate surface area is 215 Å². The first-order valence-corrected chi connectivity index (χ1v) is 14.0. The molecule has 0 radical (unpaired) electrons. The van der Waals surface area contributed by atoms with Crippen LogP contribution in [0.4, 0.5) is 5.69 Å². The van der Waals surface area contributed by atoms with E-state index in [0.29, 0.717) is 30.0 Å². The molecule has 0 saturated carbocycles. The van der Waals surface area contributed by atoms with Crippen LogP contribution in [-0.2, 0) is 14.6 Å². The Balaban J connectivity index is 1.77. The first-order chi connectivity index (χ1) is 17.5. The summed E-state index contributed by atoms with van der Waals surface area (Å²) in [4.78, 5) is 15.2. The molecule has 37 heavy (non-hydrogen) atoms. The van der Waals surface area contributed by atoms with E-state index in [4.69, 9.17) is 4.74 Å². The maximum atomic E-state index is 13.0. The van der Waals surface area contributed by atoms with Crippen LogP contribution in [0.25, 0.3) is 17.1 Å². The van der Waals surface area contributed by atoms with Crippen molar-refractivity contribution in [1.29, 1.82) is 0 Å². The van der Waals surface area contributed by atoms with E-state index in [2.05, 4.69) is 20.4 Å². The molecule has 198 valence electrons. The Hall–Kier alpha value is -3.64. The lowest BCUT2D eigenvalue weighted by molar-refractivity contribution is 0.0943. The molecule has 3 aromatic rings. The van der Waals surface area contributed by atoms with Crippen LogP contribution in [0, 0.1) is 0 Å². The fraction of sp³-hybridized carbons (Fsp3) is 0.400. The highest BCUT2D eigenvalue weighted by Gasteiger charge is 2.25. The lowest BCUT2D eigenvalue weighted by Gasteiger charge is -2.29. The van der Waals surface area contributed by atoms with Crippen LogP contribution in [0.15, 0.2) is 36.4 Å². The third-order valence-corrected chi connectivity index (χ3v) is 7.06. The molecule has 0 unspecified atom stereocenters. The highest BCUT2D eigenvalue weighted by molar-refractivity contribution is 7.90. The second-order valence-electron chi connectivity index (χ2n) is 9.27. The van der Waals surface area contributed by atoms with E-state index in [-0.39, 0.29) is 41.4 Å². The number of morpholine rings is 1. The SMILES string of the molecule is CC(C)c1cc(-c2nnc(C(=O)NCCS(C)(=O)=O)n2-c2ccc(N3CCOCC3)cc2)c(O)cc1O. The molecule has 0 aliphatic carbocycles. The molecule has 1 aromatic heterocycles. The summed E-state index contributed by atoms with van der Waals surface area (Å²) in [5.74, 6) is -0.998. The summed E-state index contributed by atoms with van der Waals surface area (Å²) in [6.45, 7) is 6.56. The molecule has 12 heteroatoms. The lowest BCUT2D eigenvalue weighted by atomic mass is 9.98. The molecule has 0 atom stereocenters. The monoisotopic (exact) mass is 529 g/mol. The summed E-state index contributed by atoms with van der Waals surface area (Å²) in [6, 6.07) is 10.4. The minimum atomic E-state index is -3.27. The van der Waals surface area contributed by atoms with E-state index in [9.17, 15) is 23.4 Å². The van der Waals surface area contributed by atoms with Gasteiger partial charge in [-0.3, -0.25) is 9.36 Å². The van der Waals surface area contributed by atoms with Crippen molar-refractivity contribution in [2.24, 2.45) is 0 Å². The Morgan fingerprint density at radius 3 is 2.32 bits per heavy atom. The van der Waals surface area contributed by atoms with Gasteiger partial charge in [0, 0.05) is 43.3 Å². The Morgan fingerprint density at radius 2 is 1.70 bits per heavy atom. The van der Waals surface area contributed by atoms with E-state index in [1.54, 1.807) is 6.07 Å². The van der Waals surface area contributed by atoms with Crippen molar-refractivity contribution >= 4 is 21.4 Å². The van der Waals surface area contributed by atoms with E-state index < -0.39 is 15.7 Å². The molecule has 0 spiro atoms. The smallest absolute Gasteiger partial charge is 0.289 e. The zero-order chi connectivity index (χ0) is 26.7. The van der Waals surface area contributed by atoms with Crippen molar-refractivity contribution in [2.45, 2.75) is 19.8 Å². The highest BCUT2D eigenvalue weighted by Crippen LogP contribution is 2.38. The Morgan fingerprint density at radius 1 is 1.05 bits per heavy atom. The molecular weight excluding hydrogens is 498 g/mol. The molecule has 1 aliphatic heterocycles. The summed E-state index contributed by atoms with van der Waals surface area (Å²) in [7, 11) is -3.27. The van der Waals surface area contributed by atoms with E-state index in [1.165, 1.54) is 10.6 Å². The van der Waals surface area contributed by atoms with Crippen molar-refractivity contribution in [2.75, 3.05) is 49.8 Å². The number of carbonyl (C=O) groups excluding carboxylic acids is 1. The van der Waals surface area contributed by atoms with Crippen LogP contribution in [0.3, 0.4) is 0 Å². The number of rotatable bonds is 8. The molecule has 1 amide bonds. The Bertz CT molecular complexity index is 1380. The number of nitrogens with zero attached hydrogens (tertiary/aromatic N) is 4. The van der Waals surface area contributed by atoms with Gasteiger partial charge in [0.2, 0.25) is 5.82 Å². The summed E-state index contributed by atoms with van der Waals surface area (Å²) >= 11 is 0. The molecule has 1 saturated heterocycles. The van der Waals surface area contributed by atoms with Crippen molar-refractivity contribution in [3.05, 3.63) is 47.8 Å². The third kappa shape index (κ3) is 6.03. The quantitative estimate of drug-likeness (QED) is 0.399. The van der Waals surface area contributed by atoms with Crippen LogP contribution in [-0.4, -0.2) is 84.2 Å². The summed E-state index contributed by atoms with van der Waals surface area (Å²) in [5.41, 5.74) is 2.46. The fourth-order valence-corrected chi connectivity index (χ4v) is 4.62. The van der Waals surface area contributed by atoms with Gasteiger partial charge in [-0.25, -0.2) is 8.42 Å². The molecule has 1 fully saturated rings. The second-order valence-corrected chi connectivity index (χ2v) is 11.5. The largest absolute Gasteiger partial charge is 0.508 e. The van der Waals surface area contributed by atoms with Gasteiger partial charge in [0.25, 0.3) is 5.91 Å². The van der Waals surface area contributed by atoms with Crippen LogP contribution in [0.1, 0.15) is 35.9 Å². The lowest BCUT2D eigenvalue weighted by Crippen LogP contribution is -2.36. The van der Waals surface area contributed by atoms with Gasteiger partial charge >= 0.3 is 0 Å². The average Bonchev–Trinajstić information content (AvgIpc) is 3.28.